The van der Waals surface area contributed by atoms with Gasteiger partial charge in [-0.25, -0.2) is 0 Å². The normalized spacial score (nSPS) is 14.5. The fourth-order valence-electron chi connectivity index (χ4n) is 1.82. The van der Waals surface area contributed by atoms with Gasteiger partial charge in [-0.05, 0) is 37.5 Å². The number of nitrogens with zero attached hydrogens (tertiary/aromatic N) is 1. The van der Waals surface area contributed by atoms with E-state index in [4.69, 9.17) is 0 Å². The molecule has 1 aromatic rings. The molecule has 0 unspecified atom stereocenters. The van der Waals surface area contributed by atoms with Crippen LogP contribution < -0.4 is 0 Å². The van der Waals surface area contributed by atoms with Crippen molar-refractivity contribution in [1.29, 1.82) is 0 Å². The summed E-state index contributed by atoms with van der Waals surface area (Å²) in [5.41, 5.74) is 2.58. The number of unbranched alkanes of at least 4 members (excludes halogenated alkanes) is 5. The molecule has 0 saturated heterocycles. The zero-order chi connectivity index (χ0) is 17.3. The Bertz CT molecular complexity index is 437. The Morgan fingerprint density at radius 2 is 1.45 bits per heavy atom. The first-order chi connectivity index (χ1) is 9.78. The van der Waals surface area contributed by atoms with Gasteiger partial charge in [-0.2, -0.15) is 0 Å². The maximum absolute atomic E-state index is 10.7. The van der Waals surface area contributed by atoms with Gasteiger partial charge in [0.05, 0.1) is 0 Å². The summed E-state index contributed by atoms with van der Waals surface area (Å²) in [6, 6.07) is 4.26. The maximum atomic E-state index is 9.87. The third-order valence-corrected chi connectivity index (χ3v) is 2.76. The number of halogens is 6. The van der Waals surface area contributed by atoms with Crippen molar-refractivity contribution in [3.63, 3.8) is 0 Å². The molecule has 0 bridgehead atoms. The Balaban J connectivity index is 0. The molecule has 0 aliphatic heterocycles. The average molecular weight is 351 g/mol. The van der Waals surface area contributed by atoms with Crippen LogP contribution in [0.5, 0.6) is 0 Å². The molecule has 0 radical (unpaired) electrons. The van der Waals surface area contributed by atoms with E-state index < -0.39 is 7.81 Å². The number of hydrogen-bond acceptors (Lipinski definition) is 1. The Morgan fingerprint density at radius 1 is 0.955 bits per heavy atom. The molecule has 8 heteroatoms. The predicted molar refractivity (Wildman–Crippen MR) is 80.7 cm³/mol. The van der Waals surface area contributed by atoms with Gasteiger partial charge in [0, 0.05) is 11.9 Å². The molecule has 1 rings (SSSR count). The third kappa shape index (κ3) is 21.5. The van der Waals surface area contributed by atoms with E-state index >= 15 is 0 Å². The van der Waals surface area contributed by atoms with Gasteiger partial charge in [0.25, 0.3) is 0 Å². The van der Waals surface area contributed by atoms with Crippen LogP contribution in [0, 0.1) is 6.92 Å². The fourth-order valence-corrected chi connectivity index (χ4v) is 1.82. The molecule has 0 atom stereocenters. The van der Waals surface area contributed by atoms with E-state index in [0.717, 1.165) is 6.42 Å². The largest absolute Gasteiger partial charge is 1.00 e. The quantitative estimate of drug-likeness (QED) is 0.277. The van der Waals surface area contributed by atoms with Crippen LogP contribution in [-0.4, -0.2) is 4.98 Å². The van der Waals surface area contributed by atoms with E-state index in [-0.39, 0.29) is 1.43 Å². The molecule has 0 aliphatic carbocycles. The van der Waals surface area contributed by atoms with Gasteiger partial charge in [0.1, 0.15) is 0 Å². The Hall–Kier alpha value is -0.840. The topological polar surface area (TPSA) is 12.9 Å². The van der Waals surface area contributed by atoms with Gasteiger partial charge in [0.2, 0.25) is 0 Å². The zero-order valence-electron chi connectivity index (χ0n) is 13.8. The molecule has 0 N–H and O–H groups in total. The van der Waals surface area contributed by atoms with Crippen LogP contribution in [0.4, 0.5) is 25.2 Å². The second-order valence-electron chi connectivity index (χ2n) is 5.30. The Morgan fingerprint density at radius 3 is 1.95 bits per heavy atom. The van der Waals surface area contributed by atoms with E-state index in [0.29, 0.717) is 0 Å². The minimum atomic E-state index is -10.7. The number of pyridine rings is 1. The van der Waals surface area contributed by atoms with Crippen molar-refractivity contribution in [2.75, 3.05) is 0 Å². The SMILES string of the molecule is CCCCCCCCc1cc(C)ccn1.F[P-](F)(F)(F)(F)F.[H+]. The van der Waals surface area contributed by atoms with Crippen LogP contribution >= 0.6 is 7.81 Å². The number of rotatable bonds is 7. The zero-order valence-corrected chi connectivity index (χ0v) is 13.7. The van der Waals surface area contributed by atoms with E-state index in [1.807, 2.05) is 6.20 Å². The van der Waals surface area contributed by atoms with Gasteiger partial charge in [0.15, 0.2) is 0 Å². The van der Waals surface area contributed by atoms with Gasteiger partial charge < -0.3 is 0 Å². The number of aryl methyl sites for hydroxylation is 2. The van der Waals surface area contributed by atoms with Crippen molar-refractivity contribution in [1.82, 2.24) is 4.98 Å². The molecule has 0 amide bonds. The summed E-state index contributed by atoms with van der Waals surface area (Å²) in [5.74, 6) is 0. The minimum Gasteiger partial charge on any atom is 1.00 e. The molecule has 0 aliphatic rings. The van der Waals surface area contributed by atoms with Crippen molar-refractivity contribution >= 4 is 7.81 Å². The summed E-state index contributed by atoms with van der Waals surface area (Å²) in [5, 5.41) is 0. The number of aromatic nitrogens is 1. The third-order valence-electron chi connectivity index (χ3n) is 2.76. The van der Waals surface area contributed by atoms with Crippen LogP contribution in [0.25, 0.3) is 0 Å². The van der Waals surface area contributed by atoms with Crippen molar-refractivity contribution in [2.45, 2.75) is 58.8 Å². The minimum absolute atomic E-state index is 0. The fraction of sp³-hybridized carbons (Fsp3) is 0.643. The van der Waals surface area contributed by atoms with Gasteiger partial charge >= 0.3 is 34.4 Å². The first-order valence-corrected chi connectivity index (χ1v) is 9.28. The molecule has 22 heavy (non-hydrogen) atoms. The molecule has 0 fully saturated rings. The summed E-state index contributed by atoms with van der Waals surface area (Å²) < 4.78 is 59.2. The standard InChI is InChI=1S/C14H23N.F6P/c1-3-4-5-6-7-8-9-14-12-13(2)10-11-15-14;1-7(2,3,4,5)6/h10-12H,3-9H2,1-2H3;/q;-1/p+1. The smallest absolute Gasteiger partial charge is 1.00 e. The summed E-state index contributed by atoms with van der Waals surface area (Å²) in [4.78, 5) is 4.37. The van der Waals surface area contributed by atoms with Crippen LogP contribution in [0.3, 0.4) is 0 Å². The molecule has 0 saturated carbocycles. The van der Waals surface area contributed by atoms with Crippen molar-refractivity contribution < 1.29 is 26.6 Å². The molecular formula is C14H24F6NP. The van der Waals surface area contributed by atoms with E-state index in [2.05, 4.69) is 31.0 Å². The van der Waals surface area contributed by atoms with E-state index in [9.17, 15) is 25.2 Å². The first kappa shape index (κ1) is 21.2. The molecule has 132 valence electrons. The predicted octanol–water partition coefficient (Wildman–Crippen LogP) is 7.79. The summed E-state index contributed by atoms with van der Waals surface area (Å²) in [6.07, 6.45) is 11.2. The summed E-state index contributed by atoms with van der Waals surface area (Å²) in [7, 11) is -10.7. The molecular weight excluding hydrogens is 327 g/mol. The molecule has 0 spiro atoms. The molecule has 0 aromatic carbocycles. The summed E-state index contributed by atoms with van der Waals surface area (Å²) in [6.45, 7) is 4.39. The van der Waals surface area contributed by atoms with Crippen molar-refractivity contribution in [3.05, 3.63) is 29.6 Å². The van der Waals surface area contributed by atoms with Crippen LogP contribution in [0.2, 0.25) is 0 Å². The Kier molecular flexibility index (Phi) is 7.33. The van der Waals surface area contributed by atoms with Gasteiger partial charge in [-0.15, -0.1) is 0 Å². The van der Waals surface area contributed by atoms with E-state index in [1.165, 1.54) is 49.8 Å². The second-order valence-corrected chi connectivity index (χ2v) is 7.22. The van der Waals surface area contributed by atoms with Crippen LogP contribution in [0.1, 0.15) is 58.1 Å². The summed E-state index contributed by atoms with van der Waals surface area (Å²) >= 11 is 0. The van der Waals surface area contributed by atoms with Crippen LogP contribution in [-0.2, 0) is 6.42 Å². The average Bonchev–Trinajstić information content (AvgIpc) is 2.30. The van der Waals surface area contributed by atoms with Crippen molar-refractivity contribution in [2.24, 2.45) is 0 Å². The maximum Gasteiger partial charge on any atom is 1.00 e. The molecule has 1 nitrogen and oxygen atoms in total. The molecule has 1 aromatic heterocycles. The van der Waals surface area contributed by atoms with Gasteiger partial charge in [-0.1, -0.05) is 39.0 Å². The molecule has 1 heterocycles. The Labute approximate surface area is 128 Å². The van der Waals surface area contributed by atoms with Crippen molar-refractivity contribution in [3.8, 4) is 0 Å². The second kappa shape index (κ2) is 7.62. The van der Waals surface area contributed by atoms with E-state index in [1.54, 1.807) is 0 Å². The van der Waals surface area contributed by atoms with Crippen LogP contribution in [0.15, 0.2) is 18.3 Å². The van der Waals surface area contributed by atoms with Gasteiger partial charge in [-0.3, -0.25) is 4.98 Å². The first-order valence-electron chi connectivity index (χ1n) is 7.26. The number of hydrogen-bond donors (Lipinski definition) is 0. The monoisotopic (exact) mass is 351 g/mol.